The Bertz CT molecular complexity index is 1790. The molecule has 9 nitrogen and oxygen atoms in total. The third-order valence-corrected chi connectivity index (χ3v) is 7.55. The Hall–Kier alpha value is -5.06. The average Bonchev–Trinajstić information content (AvgIpc) is 3.56. The predicted octanol–water partition coefficient (Wildman–Crippen LogP) is 5.32. The first-order valence-electron chi connectivity index (χ1n) is 12.7. The molecule has 2 heterocycles. The summed E-state index contributed by atoms with van der Waals surface area (Å²) in [5.41, 5.74) is 10.6. The van der Waals surface area contributed by atoms with E-state index < -0.39 is 17.8 Å². The number of rotatable bonds is 7. The lowest BCUT2D eigenvalue weighted by Gasteiger charge is -2.26. The highest BCUT2D eigenvalue weighted by atomic mass is 32.1. The van der Waals surface area contributed by atoms with E-state index in [1.165, 1.54) is 4.90 Å². The third kappa shape index (κ3) is 4.79. The van der Waals surface area contributed by atoms with E-state index in [1.54, 1.807) is 73.8 Å². The normalized spacial score (nSPS) is 16.6. The van der Waals surface area contributed by atoms with Crippen molar-refractivity contribution in [1.29, 1.82) is 0 Å². The number of carbonyl (C=O) groups excluding carboxylic acids is 2. The first-order chi connectivity index (χ1) is 19.9. The minimum atomic E-state index is -2.02. The van der Waals surface area contributed by atoms with Crippen LogP contribution in [0.2, 0.25) is 0 Å². The highest BCUT2D eigenvalue weighted by molar-refractivity contribution is 7.00. The summed E-state index contributed by atoms with van der Waals surface area (Å²) in [4.78, 5) is 27.1. The van der Waals surface area contributed by atoms with Crippen molar-refractivity contribution in [3.8, 4) is 5.75 Å². The Balaban J connectivity index is 1.43. The van der Waals surface area contributed by atoms with Crippen molar-refractivity contribution in [2.75, 3.05) is 12.0 Å². The number of para-hydroxylation sites is 1. The van der Waals surface area contributed by atoms with Gasteiger partial charge in [0.25, 0.3) is 5.79 Å². The maximum absolute atomic E-state index is 13.4. The molecule has 0 bridgehead atoms. The third-order valence-electron chi connectivity index (χ3n) is 6.99. The van der Waals surface area contributed by atoms with Crippen molar-refractivity contribution in [3.05, 3.63) is 119 Å². The van der Waals surface area contributed by atoms with E-state index in [1.807, 2.05) is 30.3 Å². The SMILES string of the molecule is COc1ccc(C2(O)OC(=O)C(c3ccc4nsnc4c3)=C2Cc2ccc(N(C(N)=O)c3ccccc3)cc2)cc1. The molecule has 0 aliphatic carbocycles. The zero-order valence-electron chi connectivity index (χ0n) is 21.9. The number of hydrogen-bond donors (Lipinski definition) is 2. The van der Waals surface area contributed by atoms with Crippen LogP contribution in [0.1, 0.15) is 16.7 Å². The number of hydrogen-bond acceptors (Lipinski definition) is 8. The maximum Gasteiger partial charge on any atom is 0.342 e. The van der Waals surface area contributed by atoms with Crippen LogP contribution in [-0.2, 0) is 21.7 Å². The van der Waals surface area contributed by atoms with Crippen molar-refractivity contribution < 1.29 is 24.2 Å². The largest absolute Gasteiger partial charge is 0.497 e. The van der Waals surface area contributed by atoms with Crippen molar-refractivity contribution in [1.82, 2.24) is 8.75 Å². The van der Waals surface area contributed by atoms with Gasteiger partial charge in [0, 0.05) is 17.6 Å². The number of nitrogens with two attached hydrogens (primary N) is 1. The number of esters is 1. The number of methoxy groups -OCH3 is 1. The average molecular weight is 565 g/mol. The number of nitrogens with zero attached hydrogens (tertiary/aromatic N) is 3. The van der Waals surface area contributed by atoms with Crippen molar-refractivity contribution in [2.45, 2.75) is 12.2 Å². The van der Waals surface area contributed by atoms with Gasteiger partial charge in [-0.15, -0.1) is 0 Å². The maximum atomic E-state index is 13.4. The molecule has 0 fully saturated rings. The molecule has 1 atom stereocenters. The van der Waals surface area contributed by atoms with Gasteiger partial charge in [-0.25, -0.2) is 9.59 Å². The number of anilines is 2. The summed E-state index contributed by atoms with van der Waals surface area (Å²) >= 11 is 1.08. The van der Waals surface area contributed by atoms with Crippen molar-refractivity contribution in [2.24, 2.45) is 5.73 Å². The highest BCUT2D eigenvalue weighted by Crippen LogP contribution is 2.45. The number of amides is 2. The summed E-state index contributed by atoms with van der Waals surface area (Å²) in [6.45, 7) is 0. The van der Waals surface area contributed by atoms with Gasteiger partial charge in [0.15, 0.2) is 0 Å². The monoisotopic (exact) mass is 564 g/mol. The summed E-state index contributed by atoms with van der Waals surface area (Å²) in [5, 5.41) is 11.9. The molecule has 41 heavy (non-hydrogen) atoms. The second-order valence-electron chi connectivity index (χ2n) is 9.44. The van der Waals surface area contributed by atoms with Crippen molar-refractivity contribution in [3.63, 3.8) is 0 Å². The van der Waals surface area contributed by atoms with Crippen LogP contribution in [0.25, 0.3) is 16.6 Å². The standard InChI is InChI=1S/C31H24N4O5S/c1-39-24-14-10-21(11-15-24)31(38)25(28(29(36)40-31)20-9-16-26-27(18-20)34-41-33-26)17-19-7-12-23(13-8-19)35(30(32)37)22-5-3-2-4-6-22/h2-16,18,38H,17H2,1H3,(H2,32,37). The highest BCUT2D eigenvalue weighted by Gasteiger charge is 2.48. The summed E-state index contributed by atoms with van der Waals surface area (Å²) in [6, 6.07) is 27.7. The van der Waals surface area contributed by atoms with E-state index >= 15 is 0 Å². The van der Waals surface area contributed by atoms with E-state index in [0.29, 0.717) is 44.9 Å². The lowest BCUT2D eigenvalue weighted by atomic mass is 9.88. The molecule has 1 aromatic heterocycles. The first-order valence-corrected chi connectivity index (χ1v) is 13.4. The Morgan fingerprint density at radius 3 is 2.32 bits per heavy atom. The van der Waals surface area contributed by atoms with Crippen LogP contribution < -0.4 is 15.4 Å². The van der Waals surface area contributed by atoms with E-state index in [0.717, 1.165) is 17.3 Å². The van der Waals surface area contributed by atoms with E-state index in [9.17, 15) is 14.7 Å². The molecule has 5 aromatic rings. The molecule has 204 valence electrons. The molecule has 2 amide bonds. The van der Waals surface area contributed by atoms with Crippen LogP contribution in [0.15, 0.2) is 103 Å². The molecule has 6 rings (SSSR count). The van der Waals surface area contributed by atoms with Gasteiger partial charge >= 0.3 is 12.0 Å². The van der Waals surface area contributed by atoms with Crippen LogP contribution >= 0.6 is 11.7 Å². The number of aliphatic hydroxyl groups is 1. The number of benzene rings is 4. The molecule has 1 aliphatic heterocycles. The van der Waals surface area contributed by atoms with Gasteiger partial charge in [-0.05, 0) is 71.8 Å². The van der Waals surface area contributed by atoms with Gasteiger partial charge in [-0.2, -0.15) is 8.75 Å². The van der Waals surface area contributed by atoms with Gasteiger partial charge in [0.05, 0.1) is 35.8 Å². The van der Waals surface area contributed by atoms with Crippen LogP contribution in [0.4, 0.5) is 16.2 Å². The van der Waals surface area contributed by atoms with Gasteiger partial charge in [0.2, 0.25) is 0 Å². The Morgan fingerprint density at radius 2 is 1.63 bits per heavy atom. The fourth-order valence-corrected chi connectivity index (χ4v) is 5.49. The lowest BCUT2D eigenvalue weighted by Crippen LogP contribution is -2.31. The Morgan fingerprint density at radius 1 is 0.951 bits per heavy atom. The van der Waals surface area contributed by atoms with Crippen molar-refractivity contribution >= 4 is 51.7 Å². The molecule has 0 saturated carbocycles. The minimum absolute atomic E-state index is 0.180. The topological polar surface area (TPSA) is 128 Å². The molecule has 10 heteroatoms. The molecule has 4 aromatic carbocycles. The summed E-state index contributed by atoms with van der Waals surface area (Å²) in [5.74, 6) is -2.07. The number of ether oxygens (including phenoxy) is 2. The molecule has 1 aliphatic rings. The number of carbonyl (C=O) groups is 2. The fourth-order valence-electron chi connectivity index (χ4n) is 4.98. The Kier molecular flexibility index (Phi) is 6.70. The predicted molar refractivity (Wildman–Crippen MR) is 156 cm³/mol. The van der Waals surface area contributed by atoms with Crippen LogP contribution in [0, 0.1) is 0 Å². The van der Waals surface area contributed by atoms with E-state index in [4.69, 9.17) is 15.2 Å². The quantitative estimate of drug-likeness (QED) is 0.256. The Labute approximate surface area is 239 Å². The lowest BCUT2D eigenvalue weighted by molar-refractivity contribution is -0.185. The minimum Gasteiger partial charge on any atom is -0.497 e. The van der Waals surface area contributed by atoms with Gasteiger partial charge in [0.1, 0.15) is 16.8 Å². The van der Waals surface area contributed by atoms with Gasteiger partial charge < -0.3 is 20.3 Å². The number of aromatic nitrogens is 2. The van der Waals surface area contributed by atoms with Gasteiger partial charge in [-0.3, -0.25) is 4.90 Å². The molecule has 3 N–H and O–H groups in total. The molecular formula is C31H24N4O5S. The number of cyclic esters (lactones) is 1. The first kappa shape index (κ1) is 26.2. The van der Waals surface area contributed by atoms with E-state index in [-0.39, 0.29) is 12.0 Å². The summed E-state index contributed by atoms with van der Waals surface area (Å²) in [6.07, 6.45) is 0.180. The van der Waals surface area contributed by atoms with Crippen LogP contribution in [0.5, 0.6) is 5.75 Å². The number of urea groups is 1. The van der Waals surface area contributed by atoms with Crippen LogP contribution in [-0.4, -0.2) is 33.0 Å². The smallest absolute Gasteiger partial charge is 0.342 e. The zero-order chi connectivity index (χ0) is 28.6. The molecule has 0 radical (unpaired) electrons. The number of fused-ring (bicyclic) bond motifs is 1. The second kappa shape index (κ2) is 10.5. The summed E-state index contributed by atoms with van der Waals surface area (Å²) in [7, 11) is 1.55. The number of primary amides is 1. The van der Waals surface area contributed by atoms with Crippen LogP contribution in [0.3, 0.4) is 0 Å². The van der Waals surface area contributed by atoms with E-state index in [2.05, 4.69) is 8.75 Å². The molecular weight excluding hydrogens is 540 g/mol. The molecule has 0 spiro atoms. The van der Waals surface area contributed by atoms with Gasteiger partial charge in [-0.1, -0.05) is 36.4 Å². The summed E-state index contributed by atoms with van der Waals surface area (Å²) < 4.78 is 19.5. The fraction of sp³-hybridized carbons (Fsp3) is 0.0968. The molecule has 0 saturated heterocycles. The molecule has 1 unspecified atom stereocenters. The second-order valence-corrected chi connectivity index (χ2v) is 9.96. The zero-order valence-corrected chi connectivity index (χ0v) is 22.7.